The molecule has 3 aromatic rings. The van der Waals surface area contributed by atoms with E-state index in [1.54, 1.807) is 6.07 Å². The number of hydrogen-bond donors (Lipinski definition) is 1. The summed E-state index contributed by atoms with van der Waals surface area (Å²) < 4.78 is 38.2. The second-order valence-electron chi connectivity index (χ2n) is 8.26. The molecule has 1 aliphatic rings. The molecule has 0 spiro atoms. The number of nitrogens with one attached hydrogen (secondary N) is 1. The van der Waals surface area contributed by atoms with Gasteiger partial charge in [-0.25, -0.2) is 8.42 Å². The minimum absolute atomic E-state index is 0.466. The van der Waals surface area contributed by atoms with E-state index in [9.17, 15) is 8.42 Å². The fraction of sp³-hybridized carbons (Fsp3) is 0.259. The summed E-state index contributed by atoms with van der Waals surface area (Å²) in [6, 6.07) is 21.7. The Labute approximate surface area is 196 Å². The van der Waals surface area contributed by atoms with E-state index in [2.05, 4.69) is 36.8 Å². The fourth-order valence-corrected chi connectivity index (χ4v) is 4.58. The maximum atomic E-state index is 11.7. The third-order valence-electron chi connectivity index (χ3n) is 5.63. The fourth-order valence-electron chi connectivity index (χ4n) is 4.02. The molecule has 172 valence electrons. The largest absolute Gasteiger partial charge is 0.493 e. The molecule has 0 unspecified atom stereocenters. The van der Waals surface area contributed by atoms with E-state index in [0.717, 1.165) is 64.0 Å². The molecule has 6 heteroatoms. The zero-order valence-electron chi connectivity index (χ0n) is 19.2. The molecule has 3 aromatic carbocycles. The van der Waals surface area contributed by atoms with Crippen LogP contribution in [0, 0.1) is 0 Å². The number of fused-ring (bicyclic) bond motifs is 2. The van der Waals surface area contributed by atoms with E-state index in [0.29, 0.717) is 18.9 Å². The molecule has 0 aromatic heterocycles. The zero-order valence-corrected chi connectivity index (χ0v) is 20.0. The maximum absolute atomic E-state index is 11.7. The predicted octanol–water partition coefficient (Wildman–Crippen LogP) is 6.11. The molecule has 4 rings (SSSR count). The molecule has 1 aliphatic heterocycles. The summed E-state index contributed by atoms with van der Waals surface area (Å²) in [5, 5.41) is 0. The Hall–Kier alpha value is -3.25. The number of anilines is 1. The van der Waals surface area contributed by atoms with E-state index in [-0.39, 0.29) is 0 Å². The molecule has 33 heavy (non-hydrogen) atoms. The Kier molecular flexibility index (Phi) is 6.75. The van der Waals surface area contributed by atoms with E-state index in [4.69, 9.17) is 9.47 Å². The SMILES string of the molecule is CCCCOc1ccc2c(c1)OCc1ccccc1/C2=C(/C)c1cccc(NS(C)(=O)=O)c1. The van der Waals surface area contributed by atoms with Gasteiger partial charge in [0.05, 0.1) is 12.9 Å². The quantitative estimate of drug-likeness (QED) is 0.430. The Morgan fingerprint density at radius 2 is 1.85 bits per heavy atom. The Bertz CT molecular complexity index is 1290. The number of benzene rings is 3. The Balaban J connectivity index is 1.84. The molecule has 0 saturated carbocycles. The van der Waals surface area contributed by atoms with Crippen LogP contribution in [0.25, 0.3) is 11.1 Å². The number of rotatable bonds is 7. The molecule has 5 nitrogen and oxygen atoms in total. The lowest BCUT2D eigenvalue weighted by molar-refractivity contribution is 0.292. The summed E-state index contributed by atoms with van der Waals surface area (Å²) in [7, 11) is -3.36. The van der Waals surface area contributed by atoms with Crippen molar-refractivity contribution in [3.63, 3.8) is 0 Å². The van der Waals surface area contributed by atoms with Gasteiger partial charge in [0, 0.05) is 17.3 Å². The van der Waals surface area contributed by atoms with Gasteiger partial charge in [-0.15, -0.1) is 0 Å². The molecule has 0 amide bonds. The van der Waals surface area contributed by atoms with Gasteiger partial charge in [-0.05, 0) is 65.4 Å². The molecular formula is C27H29NO4S. The molecule has 0 radical (unpaired) electrons. The van der Waals surface area contributed by atoms with Crippen LogP contribution in [0.5, 0.6) is 11.5 Å². The summed E-state index contributed by atoms with van der Waals surface area (Å²) in [6.45, 7) is 5.35. The van der Waals surface area contributed by atoms with Gasteiger partial charge in [0.2, 0.25) is 10.0 Å². The van der Waals surface area contributed by atoms with Gasteiger partial charge in [0.15, 0.2) is 0 Å². The van der Waals surface area contributed by atoms with Crippen LogP contribution in [0.4, 0.5) is 5.69 Å². The number of ether oxygens (including phenoxy) is 2. The molecule has 0 atom stereocenters. The highest BCUT2D eigenvalue weighted by Gasteiger charge is 2.22. The van der Waals surface area contributed by atoms with Crippen molar-refractivity contribution in [3.05, 3.63) is 89.0 Å². The highest BCUT2D eigenvalue weighted by Crippen LogP contribution is 2.42. The van der Waals surface area contributed by atoms with Gasteiger partial charge in [0.1, 0.15) is 18.1 Å². The number of allylic oxidation sites excluding steroid dienone is 1. The summed E-state index contributed by atoms with van der Waals surface area (Å²) >= 11 is 0. The molecular weight excluding hydrogens is 434 g/mol. The average molecular weight is 464 g/mol. The number of sulfonamides is 1. The van der Waals surface area contributed by atoms with Crippen LogP contribution in [-0.4, -0.2) is 21.3 Å². The van der Waals surface area contributed by atoms with Crippen LogP contribution < -0.4 is 14.2 Å². The van der Waals surface area contributed by atoms with Crippen LogP contribution in [0.1, 0.15) is 48.9 Å². The minimum atomic E-state index is -3.36. The van der Waals surface area contributed by atoms with Crippen molar-refractivity contribution in [2.75, 3.05) is 17.6 Å². The zero-order chi connectivity index (χ0) is 23.4. The summed E-state index contributed by atoms with van der Waals surface area (Å²) in [5.74, 6) is 1.57. The van der Waals surface area contributed by atoms with Gasteiger partial charge in [-0.3, -0.25) is 4.72 Å². The van der Waals surface area contributed by atoms with Crippen LogP contribution in [-0.2, 0) is 16.6 Å². The lowest BCUT2D eigenvalue weighted by Crippen LogP contribution is -2.09. The second kappa shape index (κ2) is 9.71. The average Bonchev–Trinajstić information content (AvgIpc) is 2.94. The lowest BCUT2D eigenvalue weighted by atomic mass is 9.88. The maximum Gasteiger partial charge on any atom is 0.229 e. The first-order valence-electron chi connectivity index (χ1n) is 11.1. The van der Waals surface area contributed by atoms with Gasteiger partial charge < -0.3 is 9.47 Å². The summed E-state index contributed by atoms with van der Waals surface area (Å²) in [4.78, 5) is 0. The van der Waals surface area contributed by atoms with Crippen molar-refractivity contribution in [3.8, 4) is 11.5 Å². The standard InChI is InChI=1S/C27H29NO4S/c1-4-5-15-31-23-13-14-25-26(17-23)32-18-21-9-6-7-12-24(21)27(25)19(2)20-10-8-11-22(16-20)28-33(3,29)30/h6-14,16-17,28H,4-5,15,18H2,1-3H3/b27-19+. The smallest absolute Gasteiger partial charge is 0.229 e. The third kappa shape index (κ3) is 5.40. The van der Waals surface area contributed by atoms with Crippen LogP contribution >= 0.6 is 0 Å². The van der Waals surface area contributed by atoms with Gasteiger partial charge in [0.25, 0.3) is 0 Å². The first-order chi connectivity index (χ1) is 15.9. The monoisotopic (exact) mass is 463 g/mol. The number of unbranched alkanes of at least 4 members (excludes halogenated alkanes) is 1. The third-order valence-corrected chi connectivity index (χ3v) is 6.24. The summed E-state index contributed by atoms with van der Waals surface area (Å²) in [6.07, 6.45) is 3.24. The second-order valence-corrected chi connectivity index (χ2v) is 10.0. The van der Waals surface area contributed by atoms with Crippen LogP contribution in [0.15, 0.2) is 66.7 Å². The topological polar surface area (TPSA) is 64.6 Å². The Morgan fingerprint density at radius 1 is 1.03 bits per heavy atom. The van der Waals surface area contributed by atoms with Crippen LogP contribution in [0.2, 0.25) is 0 Å². The van der Waals surface area contributed by atoms with E-state index in [1.165, 1.54) is 0 Å². The van der Waals surface area contributed by atoms with Crippen molar-refractivity contribution in [2.45, 2.75) is 33.3 Å². The summed E-state index contributed by atoms with van der Waals surface area (Å²) in [5.41, 5.74) is 6.76. The lowest BCUT2D eigenvalue weighted by Gasteiger charge is -2.17. The van der Waals surface area contributed by atoms with Crippen LogP contribution in [0.3, 0.4) is 0 Å². The van der Waals surface area contributed by atoms with Crippen molar-refractivity contribution in [2.24, 2.45) is 0 Å². The molecule has 1 N–H and O–H groups in total. The first-order valence-corrected chi connectivity index (χ1v) is 13.0. The highest BCUT2D eigenvalue weighted by atomic mass is 32.2. The van der Waals surface area contributed by atoms with Crippen molar-refractivity contribution < 1.29 is 17.9 Å². The van der Waals surface area contributed by atoms with E-state index < -0.39 is 10.0 Å². The highest BCUT2D eigenvalue weighted by molar-refractivity contribution is 7.92. The van der Waals surface area contributed by atoms with Gasteiger partial charge in [-0.2, -0.15) is 0 Å². The Morgan fingerprint density at radius 3 is 2.64 bits per heavy atom. The van der Waals surface area contributed by atoms with E-state index in [1.807, 2.05) is 42.5 Å². The van der Waals surface area contributed by atoms with E-state index >= 15 is 0 Å². The molecule has 1 heterocycles. The van der Waals surface area contributed by atoms with Gasteiger partial charge >= 0.3 is 0 Å². The molecule has 0 bridgehead atoms. The molecule has 0 fully saturated rings. The number of hydrogen-bond acceptors (Lipinski definition) is 4. The molecule has 0 aliphatic carbocycles. The van der Waals surface area contributed by atoms with Crippen molar-refractivity contribution >= 4 is 26.9 Å². The minimum Gasteiger partial charge on any atom is -0.493 e. The first kappa shape index (κ1) is 22.9. The molecule has 0 saturated heterocycles. The van der Waals surface area contributed by atoms with Crippen molar-refractivity contribution in [1.29, 1.82) is 0 Å². The van der Waals surface area contributed by atoms with Crippen molar-refractivity contribution in [1.82, 2.24) is 0 Å². The normalized spacial score (nSPS) is 14.4. The predicted molar refractivity (Wildman–Crippen MR) is 134 cm³/mol. The van der Waals surface area contributed by atoms with Gasteiger partial charge in [-0.1, -0.05) is 49.7 Å².